The first kappa shape index (κ1) is 26.4. The van der Waals surface area contributed by atoms with Gasteiger partial charge in [0.2, 0.25) is 0 Å². The third kappa shape index (κ3) is 8.85. The van der Waals surface area contributed by atoms with Crippen LogP contribution in [0, 0.1) is 0 Å². The van der Waals surface area contributed by atoms with E-state index in [0.717, 1.165) is 11.5 Å². The van der Waals surface area contributed by atoms with E-state index in [1.165, 1.54) is 35.4 Å². The van der Waals surface area contributed by atoms with Gasteiger partial charge in [0.05, 0.1) is 11.1 Å². The van der Waals surface area contributed by atoms with Crippen molar-refractivity contribution >= 4 is 11.9 Å². The standard InChI is InChI=1S/C12H10O.C12H10.C8H6O4/c1-3-7-11(8-4-1)13-12-9-5-2-6-10-12;1-3-7-11(8-4-1)12-9-5-2-6-10-12;9-7(10)5-3-1-2-4-6(5)8(11)12/h1-10H;1-10H;1-4H,(H,9,10)(H,11,12). The summed E-state index contributed by atoms with van der Waals surface area (Å²) in [4.78, 5) is 20.9. The first-order chi connectivity index (χ1) is 18.0. The molecule has 5 aromatic rings. The Labute approximate surface area is 215 Å². The SMILES string of the molecule is O=C(O)c1ccccc1C(=O)O.c1ccc(-c2ccccc2)cc1.c1ccc(Oc2ccccc2)cc1. The molecule has 0 aliphatic carbocycles. The minimum absolute atomic E-state index is 0.190. The van der Waals surface area contributed by atoms with Gasteiger partial charge in [0, 0.05) is 0 Å². The zero-order valence-electron chi connectivity index (χ0n) is 20.0. The Balaban J connectivity index is 0.000000154. The molecule has 5 heteroatoms. The molecule has 0 aliphatic rings. The Morgan fingerprint density at radius 3 is 0.973 bits per heavy atom. The van der Waals surface area contributed by atoms with E-state index in [-0.39, 0.29) is 11.1 Å². The fraction of sp³-hybridized carbons (Fsp3) is 0. The summed E-state index contributed by atoms with van der Waals surface area (Å²) in [5, 5.41) is 17.1. The van der Waals surface area contributed by atoms with Crippen molar-refractivity contribution in [3.8, 4) is 22.6 Å². The van der Waals surface area contributed by atoms with Crippen LogP contribution >= 0.6 is 0 Å². The number of para-hydroxylation sites is 2. The molecule has 0 saturated heterocycles. The van der Waals surface area contributed by atoms with Crippen molar-refractivity contribution in [3.63, 3.8) is 0 Å². The molecule has 37 heavy (non-hydrogen) atoms. The molecule has 5 nitrogen and oxygen atoms in total. The van der Waals surface area contributed by atoms with Crippen molar-refractivity contribution in [2.75, 3.05) is 0 Å². The van der Waals surface area contributed by atoms with Gasteiger partial charge in [-0.15, -0.1) is 0 Å². The lowest BCUT2D eigenvalue weighted by molar-refractivity contribution is 0.0651. The summed E-state index contributed by atoms with van der Waals surface area (Å²) in [6, 6.07) is 45.8. The number of hydrogen-bond acceptors (Lipinski definition) is 3. The summed E-state index contributed by atoms with van der Waals surface area (Å²) < 4.78 is 5.58. The van der Waals surface area contributed by atoms with Crippen molar-refractivity contribution in [2.24, 2.45) is 0 Å². The number of carbonyl (C=O) groups is 2. The second-order valence-electron chi connectivity index (χ2n) is 7.62. The van der Waals surface area contributed by atoms with E-state index in [0.29, 0.717) is 0 Å². The van der Waals surface area contributed by atoms with Gasteiger partial charge >= 0.3 is 11.9 Å². The first-order valence-electron chi connectivity index (χ1n) is 11.5. The van der Waals surface area contributed by atoms with E-state index in [9.17, 15) is 9.59 Å². The largest absolute Gasteiger partial charge is 0.478 e. The zero-order chi connectivity index (χ0) is 26.3. The highest BCUT2D eigenvalue weighted by Gasteiger charge is 2.13. The number of aromatic carboxylic acids is 2. The smallest absolute Gasteiger partial charge is 0.336 e. The van der Waals surface area contributed by atoms with Crippen molar-refractivity contribution in [1.82, 2.24) is 0 Å². The second kappa shape index (κ2) is 14.3. The van der Waals surface area contributed by atoms with Crippen LogP contribution in [0.3, 0.4) is 0 Å². The van der Waals surface area contributed by atoms with Gasteiger partial charge in [0.1, 0.15) is 11.5 Å². The van der Waals surface area contributed by atoms with E-state index in [2.05, 4.69) is 48.5 Å². The highest BCUT2D eigenvalue weighted by molar-refractivity contribution is 6.01. The molecule has 0 fully saturated rings. The molecule has 0 radical (unpaired) electrons. The molecular formula is C32H26O5. The van der Waals surface area contributed by atoms with Gasteiger partial charge in [-0.1, -0.05) is 109 Å². The molecular weight excluding hydrogens is 464 g/mol. The maximum Gasteiger partial charge on any atom is 0.336 e. The predicted octanol–water partition coefficient (Wildman–Crippen LogP) is 7.92. The predicted molar refractivity (Wildman–Crippen MR) is 145 cm³/mol. The average Bonchev–Trinajstić information content (AvgIpc) is 2.96. The molecule has 0 atom stereocenters. The second-order valence-corrected chi connectivity index (χ2v) is 7.62. The lowest BCUT2D eigenvalue weighted by Crippen LogP contribution is -2.06. The van der Waals surface area contributed by atoms with Crippen molar-refractivity contribution < 1.29 is 24.5 Å². The van der Waals surface area contributed by atoms with Crippen molar-refractivity contribution in [1.29, 1.82) is 0 Å². The Kier molecular flexibility index (Phi) is 10.2. The van der Waals surface area contributed by atoms with Crippen LogP contribution in [0.15, 0.2) is 146 Å². The van der Waals surface area contributed by atoms with Crippen LogP contribution < -0.4 is 4.74 Å². The van der Waals surface area contributed by atoms with E-state index in [4.69, 9.17) is 14.9 Å². The quantitative estimate of drug-likeness (QED) is 0.261. The Hall–Kier alpha value is -5.16. The van der Waals surface area contributed by atoms with E-state index < -0.39 is 11.9 Å². The third-order valence-corrected chi connectivity index (χ3v) is 4.99. The van der Waals surface area contributed by atoms with Crippen molar-refractivity contribution in [2.45, 2.75) is 0 Å². The molecule has 0 unspecified atom stereocenters. The number of ether oxygens (including phenoxy) is 1. The summed E-state index contributed by atoms with van der Waals surface area (Å²) in [7, 11) is 0. The topological polar surface area (TPSA) is 83.8 Å². The fourth-order valence-corrected chi connectivity index (χ4v) is 3.23. The molecule has 2 N–H and O–H groups in total. The molecule has 0 bridgehead atoms. The van der Waals surface area contributed by atoms with Crippen LogP contribution in [0.25, 0.3) is 11.1 Å². The van der Waals surface area contributed by atoms with Gasteiger partial charge in [-0.05, 0) is 47.5 Å². The summed E-state index contributed by atoms with van der Waals surface area (Å²) in [6.07, 6.45) is 0. The Morgan fingerprint density at radius 1 is 0.405 bits per heavy atom. The molecule has 0 spiro atoms. The van der Waals surface area contributed by atoms with Gasteiger partial charge in [-0.2, -0.15) is 0 Å². The highest BCUT2D eigenvalue weighted by Crippen LogP contribution is 2.19. The maximum atomic E-state index is 10.5. The van der Waals surface area contributed by atoms with Crippen LogP contribution in [0.5, 0.6) is 11.5 Å². The van der Waals surface area contributed by atoms with E-state index in [1.54, 1.807) is 0 Å². The van der Waals surface area contributed by atoms with Gasteiger partial charge in [-0.3, -0.25) is 0 Å². The number of benzene rings is 5. The number of carboxylic acids is 2. The van der Waals surface area contributed by atoms with Crippen LogP contribution in [0.4, 0.5) is 0 Å². The zero-order valence-corrected chi connectivity index (χ0v) is 20.0. The summed E-state index contributed by atoms with van der Waals surface area (Å²) in [5.41, 5.74) is 2.17. The lowest BCUT2D eigenvalue weighted by atomic mass is 10.1. The lowest BCUT2D eigenvalue weighted by Gasteiger charge is -2.03. The van der Waals surface area contributed by atoms with Gasteiger partial charge in [0.25, 0.3) is 0 Å². The number of hydrogen-bond donors (Lipinski definition) is 2. The maximum absolute atomic E-state index is 10.5. The van der Waals surface area contributed by atoms with Crippen molar-refractivity contribution in [3.05, 3.63) is 157 Å². The van der Waals surface area contributed by atoms with Crippen LogP contribution in [0.1, 0.15) is 20.7 Å². The molecule has 0 aromatic heterocycles. The monoisotopic (exact) mass is 490 g/mol. The average molecular weight is 491 g/mol. The van der Waals surface area contributed by atoms with Gasteiger partial charge < -0.3 is 14.9 Å². The third-order valence-electron chi connectivity index (χ3n) is 4.99. The fourth-order valence-electron chi connectivity index (χ4n) is 3.23. The van der Waals surface area contributed by atoms with Gasteiger partial charge in [0.15, 0.2) is 0 Å². The normalized spacial score (nSPS) is 9.51. The minimum Gasteiger partial charge on any atom is -0.478 e. The van der Waals surface area contributed by atoms with Crippen LogP contribution in [-0.4, -0.2) is 22.2 Å². The Morgan fingerprint density at radius 2 is 0.676 bits per heavy atom. The molecule has 5 rings (SSSR count). The van der Waals surface area contributed by atoms with Gasteiger partial charge in [-0.25, -0.2) is 9.59 Å². The summed E-state index contributed by atoms with van der Waals surface area (Å²) >= 11 is 0. The first-order valence-corrected chi connectivity index (χ1v) is 11.5. The molecule has 184 valence electrons. The molecule has 0 aliphatic heterocycles. The molecule has 0 saturated carbocycles. The number of carboxylic acid groups (broad SMARTS) is 2. The Bertz CT molecular complexity index is 1260. The van der Waals surface area contributed by atoms with Crippen LogP contribution in [-0.2, 0) is 0 Å². The van der Waals surface area contributed by atoms with E-state index >= 15 is 0 Å². The number of rotatable bonds is 5. The summed E-state index contributed by atoms with van der Waals surface area (Å²) in [5.74, 6) is -0.719. The van der Waals surface area contributed by atoms with Crippen LogP contribution in [0.2, 0.25) is 0 Å². The molecule has 0 heterocycles. The molecule has 5 aromatic carbocycles. The minimum atomic E-state index is -1.23. The summed E-state index contributed by atoms with van der Waals surface area (Å²) in [6.45, 7) is 0. The van der Waals surface area contributed by atoms with E-state index in [1.807, 2.05) is 72.8 Å². The molecule has 0 amide bonds. The highest BCUT2D eigenvalue weighted by atomic mass is 16.5.